The SMILES string of the molecule is CC(=O)OCC1=C(C(=O)OC(C)(C)C)N2C(=O)C(NC(=O)C(=CS(C)(=O)=O)c3csc(NC(=O)OC(C)(C)C)n3)[C@@H]2SC1. The number of ether oxygens (including phenoxy) is 3. The van der Waals surface area contributed by atoms with Gasteiger partial charge in [-0.3, -0.25) is 24.6 Å². The van der Waals surface area contributed by atoms with Crippen LogP contribution in [0.4, 0.5) is 9.93 Å². The third-order valence-corrected chi connectivity index (χ3v) is 8.10. The van der Waals surface area contributed by atoms with Crippen LogP contribution in [0.25, 0.3) is 5.57 Å². The van der Waals surface area contributed by atoms with Gasteiger partial charge in [0, 0.05) is 35.3 Å². The number of rotatable bonds is 8. The molecule has 2 aliphatic heterocycles. The van der Waals surface area contributed by atoms with Gasteiger partial charge in [0.25, 0.3) is 11.8 Å². The molecule has 2 atom stereocenters. The number of carbonyl (C=O) groups is 5. The molecule has 1 unspecified atom stereocenters. The van der Waals surface area contributed by atoms with Gasteiger partial charge >= 0.3 is 18.0 Å². The Morgan fingerprint density at radius 3 is 2.30 bits per heavy atom. The molecule has 0 aliphatic carbocycles. The molecular formula is C26H34N4O10S3. The first-order chi connectivity index (χ1) is 19.6. The molecule has 3 amide bonds. The normalized spacial score (nSPS) is 19.2. The molecule has 1 aromatic heterocycles. The Balaban J connectivity index is 1.85. The van der Waals surface area contributed by atoms with Crippen molar-refractivity contribution in [2.75, 3.05) is 23.9 Å². The van der Waals surface area contributed by atoms with E-state index in [0.717, 1.165) is 17.6 Å². The average molecular weight is 659 g/mol. The maximum Gasteiger partial charge on any atom is 0.413 e. The lowest BCUT2D eigenvalue weighted by molar-refractivity contribution is -0.159. The molecule has 2 aliphatic rings. The molecule has 43 heavy (non-hydrogen) atoms. The van der Waals surface area contributed by atoms with Crippen molar-refractivity contribution < 1.29 is 46.6 Å². The fourth-order valence-corrected chi connectivity index (χ4v) is 6.49. The molecule has 0 spiro atoms. The molecular weight excluding hydrogens is 625 g/mol. The first-order valence-corrected chi connectivity index (χ1v) is 16.8. The van der Waals surface area contributed by atoms with E-state index in [1.54, 1.807) is 41.5 Å². The van der Waals surface area contributed by atoms with Crippen molar-refractivity contribution in [1.29, 1.82) is 0 Å². The molecule has 0 aromatic carbocycles. The number of nitrogens with zero attached hydrogens (tertiary/aromatic N) is 2. The van der Waals surface area contributed by atoms with E-state index in [0.29, 0.717) is 11.0 Å². The lowest BCUT2D eigenvalue weighted by atomic mass is 10.0. The fourth-order valence-electron chi connectivity index (χ4n) is 3.81. The van der Waals surface area contributed by atoms with Gasteiger partial charge in [-0.25, -0.2) is 23.0 Å². The van der Waals surface area contributed by atoms with Crippen LogP contribution in [-0.4, -0.2) is 89.4 Å². The summed E-state index contributed by atoms with van der Waals surface area (Å²) in [6.07, 6.45) is 0.102. The number of nitrogens with one attached hydrogen (secondary N) is 2. The van der Waals surface area contributed by atoms with E-state index in [2.05, 4.69) is 15.6 Å². The zero-order valence-electron chi connectivity index (χ0n) is 24.9. The highest BCUT2D eigenvalue weighted by molar-refractivity contribution is 8.00. The minimum Gasteiger partial charge on any atom is -0.461 e. The molecule has 17 heteroatoms. The van der Waals surface area contributed by atoms with Crippen LogP contribution >= 0.6 is 23.1 Å². The Bertz CT molecular complexity index is 1500. The molecule has 3 rings (SSSR count). The summed E-state index contributed by atoms with van der Waals surface area (Å²) in [5, 5.41) is 6.40. The van der Waals surface area contributed by atoms with E-state index in [9.17, 15) is 32.4 Å². The van der Waals surface area contributed by atoms with Crippen LogP contribution in [0, 0.1) is 0 Å². The second-order valence-electron chi connectivity index (χ2n) is 11.6. The summed E-state index contributed by atoms with van der Waals surface area (Å²) in [6.45, 7) is 11.0. The van der Waals surface area contributed by atoms with Crippen LogP contribution < -0.4 is 10.6 Å². The summed E-state index contributed by atoms with van der Waals surface area (Å²) in [4.78, 5) is 68.6. The van der Waals surface area contributed by atoms with E-state index < -0.39 is 62.3 Å². The number of hydrogen-bond acceptors (Lipinski definition) is 13. The zero-order chi connectivity index (χ0) is 32.5. The second kappa shape index (κ2) is 12.7. The predicted molar refractivity (Wildman–Crippen MR) is 159 cm³/mol. The lowest BCUT2D eigenvalue weighted by Gasteiger charge is -2.50. The van der Waals surface area contributed by atoms with Crippen LogP contribution in [0.3, 0.4) is 0 Å². The highest BCUT2D eigenvalue weighted by Gasteiger charge is 2.55. The highest BCUT2D eigenvalue weighted by atomic mass is 32.2. The molecule has 1 fully saturated rings. The Morgan fingerprint density at radius 1 is 1.12 bits per heavy atom. The lowest BCUT2D eigenvalue weighted by Crippen LogP contribution is -2.70. The molecule has 0 saturated carbocycles. The van der Waals surface area contributed by atoms with Crippen molar-refractivity contribution >= 4 is 73.5 Å². The van der Waals surface area contributed by atoms with Crippen molar-refractivity contribution in [2.45, 2.75) is 71.1 Å². The molecule has 14 nitrogen and oxygen atoms in total. The topological polar surface area (TPSA) is 187 Å². The third-order valence-electron chi connectivity index (χ3n) is 5.34. The van der Waals surface area contributed by atoms with Crippen LogP contribution in [0.2, 0.25) is 0 Å². The summed E-state index contributed by atoms with van der Waals surface area (Å²) < 4.78 is 40.1. The van der Waals surface area contributed by atoms with Gasteiger partial charge < -0.3 is 19.5 Å². The molecule has 236 valence electrons. The quantitative estimate of drug-likeness (QED) is 0.180. The van der Waals surface area contributed by atoms with Gasteiger partial charge in [0.2, 0.25) is 0 Å². The van der Waals surface area contributed by atoms with Gasteiger partial charge in [0.15, 0.2) is 15.0 Å². The molecule has 1 saturated heterocycles. The van der Waals surface area contributed by atoms with Crippen molar-refractivity contribution in [2.24, 2.45) is 0 Å². The summed E-state index contributed by atoms with van der Waals surface area (Å²) in [5.41, 5.74) is -1.77. The van der Waals surface area contributed by atoms with Crippen molar-refractivity contribution in [3.8, 4) is 0 Å². The monoisotopic (exact) mass is 658 g/mol. The number of carbonyl (C=O) groups excluding carboxylic acids is 5. The van der Waals surface area contributed by atoms with Crippen LogP contribution in [0.1, 0.15) is 54.2 Å². The Morgan fingerprint density at radius 2 is 1.74 bits per heavy atom. The van der Waals surface area contributed by atoms with E-state index in [1.807, 2.05) is 0 Å². The Kier molecular flexibility index (Phi) is 10.0. The predicted octanol–water partition coefficient (Wildman–Crippen LogP) is 2.43. The number of hydrogen-bond donors (Lipinski definition) is 2. The van der Waals surface area contributed by atoms with Crippen molar-refractivity contribution in [3.63, 3.8) is 0 Å². The standard InChI is InChI=1S/C26H34N4O10S3/c1-13(31)38-9-14-10-41-21-17(20(33)30(21)18(14)22(34)39-25(2,3)4)28-19(32)15(12-43(8,36)37)16-11-42-23(27-16)29-24(35)40-26(5,6)7/h11-12,17,21H,9-10H2,1-8H3,(H,28,32)(H,27,29,35)/t17?,21-/m0/s1. The summed E-state index contributed by atoms with van der Waals surface area (Å²) >= 11 is 2.16. The summed E-state index contributed by atoms with van der Waals surface area (Å²) in [6, 6.07) is -1.12. The number of thioether (sulfide) groups is 1. The number of β-lactam (4-membered cyclic amide) rings is 1. The van der Waals surface area contributed by atoms with E-state index in [1.165, 1.54) is 29.0 Å². The van der Waals surface area contributed by atoms with E-state index in [-0.39, 0.29) is 34.5 Å². The number of fused-ring (bicyclic) bond motifs is 1. The largest absolute Gasteiger partial charge is 0.461 e. The zero-order valence-corrected chi connectivity index (χ0v) is 27.4. The van der Waals surface area contributed by atoms with E-state index in [4.69, 9.17) is 14.2 Å². The molecule has 2 N–H and O–H groups in total. The number of aromatic nitrogens is 1. The molecule has 0 radical (unpaired) electrons. The first kappa shape index (κ1) is 34.1. The first-order valence-electron chi connectivity index (χ1n) is 12.9. The molecule has 1 aromatic rings. The number of thiazole rings is 1. The summed E-state index contributed by atoms with van der Waals surface area (Å²) in [7, 11) is -3.85. The van der Waals surface area contributed by atoms with Crippen LogP contribution in [0.5, 0.6) is 0 Å². The maximum absolute atomic E-state index is 13.4. The van der Waals surface area contributed by atoms with Crippen LogP contribution in [0.15, 0.2) is 22.1 Å². The number of esters is 2. The fraction of sp³-hybridized carbons (Fsp3) is 0.538. The van der Waals surface area contributed by atoms with E-state index >= 15 is 0 Å². The number of sulfone groups is 1. The van der Waals surface area contributed by atoms with Crippen LogP contribution in [-0.2, 0) is 43.2 Å². The minimum absolute atomic E-state index is 0.0534. The summed E-state index contributed by atoms with van der Waals surface area (Å²) in [5.74, 6) is -2.72. The van der Waals surface area contributed by atoms with Gasteiger partial charge in [0.05, 0.1) is 11.3 Å². The second-order valence-corrected chi connectivity index (χ2v) is 15.5. The maximum atomic E-state index is 13.4. The van der Waals surface area contributed by atoms with Crippen molar-refractivity contribution in [1.82, 2.24) is 15.2 Å². The minimum atomic E-state index is -3.85. The highest BCUT2D eigenvalue weighted by Crippen LogP contribution is 2.41. The van der Waals surface area contributed by atoms with Gasteiger partial charge in [-0.1, -0.05) is 0 Å². The third kappa shape index (κ3) is 9.27. The molecule has 0 bridgehead atoms. The van der Waals surface area contributed by atoms with Gasteiger partial charge in [-0.2, -0.15) is 0 Å². The van der Waals surface area contributed by atoms with Gasteiger partial charge in [0.1, 0.15) is 34.9 Å². The smallest absolute Gasteiger partial charge is 0.413 e. The number of anilines is 1. The Labute approximate surface area is 257 Å². The average Bonchev–Trinajstić information content (AvgIpc) is 3.28. The van der Waals surface area contributed by atoms with Crippen molar-refractivity contribution in [3.05, 3.63) is 27.8 Å². The number of amides is 3. The molecule has 3 heterocycles. The van der Waals surface area contributed by atoms with Gasteiger partial charge in [-0.15, -0.1) is 23.1 Å². The Hall–Kier alpha value is -3.44. The van der Waals surface area contributed by atoms with Gasteiger partial charge in [-0.05, 0) is 41.5 Å².